The Labute approximate surface area is 183 Å². The van der Waals surface area contributed by atoms with E-state index in [4.69, 9.17) is 0 Å². The summed E-state index contributed by atoms with van der Waals surface area (Å²) < 4.78 is 14.4. The van der Waals surface area contributed by atoms with E-state index < -0.39 is 30.0 Å². The summed E-state index contributed by atoms with van der Waals surface area (Å²) in [5.41, 5.74) is 1.41. The van der Waals surface area contributed by atoms with Crippen LogP contribution >= 0.6 is 0 Å². The molecular formula is C23H22FN3O5. The highest BCUT2D eigenvalue weighted by Gasteiger charge is 2.21. The quantitative estimate of drug-likeness (QED) is 0.468. The van der Waals surface area contributed by atoms with Crippen LogP contribution in [0.15, 0.2) is 59.5 Å². The second-order valence-corrected chi connectivity index (χ2v) is 7.33. The maximum atomic E-state index is 13.2. The minimum Gasteiger partial charge on any atom is -0.505 e. The second-order valence-electron chi connectivity index (χ2n) is 7.33. The van der Waals surface area contributed by atoms with Gasteiger partial charge in [-0.05, 0) is 41.8 Å². The SMILES string of the molecule is Cc1cn(C)c(=O)c(NC(=O)NC(CC(=O)O)c2cccc(-c3ccc(F)cc3)c2)c1O. The molecule has 9 heteroatoms. The molecule has 1 aromatic heterocycles. The van der Waals surface area contributed by atoms with E-state index in [9.17, 15) is 29.0 Å². The predicted molar refractivity (Wildman–Crippen MR) is 117 cm³/mol. The number of nitrogens with zero attached hydrogens (tertiary/aromatic N) is 1. The van der Waals surface area contributed by atoms with E-state index in [1.807, 2.05) is 0 Å². The Morgan fingerprint density at radius 3 is 2.47 bits per heavy atom. The number of hydrogen-bond donors (Lipinski definition) is 4. The molecular weight excluding hydrogens is 417 g/mol. The number of aryl methyl sites for hydroxylation is 2. The summed E-state index contributed by atoms with van der Waals surface area (Å²) in [5, 5.41) is 24.3. The van der Waals surface area contributed by atoms with E-state index in [1.54, 1.807) is 43.3 Å². The van der Waals surface area contributed by atoms with E-state index in [2.05, 4.69) is 10.6 Å². The van der Waals surface area contributed by atoms with Crippen LogP contribution in [0.25, 0.3) is 11.1 Å². The normalized spacial score (nSPS) is 11.6. The monoisotopic (exact) mass is 439 g/mol. The maximum Gasteiger partial charge on any atom is 0.319 e. The second kappa shape index (κ2) is 9.34. The van der Waals surface area contributed by atoms with Crippen molar-refractivity contribution in [2.75, 3.05) is 5.32 Å². The van der Waals surface area contributed by atoms with Crippen molar-refractivity contribution in [2.45, 2.75) is 19.4 Å². The molecule has 1 atom stereocenters. The number of aromatic nitrogens is 1. The molecule has 2 aromatic carbocycles. The summed E-state index contributed by atoms with van der Waals surface area (Å²) in [6, 6.07) is 10.9. The summed E-state index contributed by atoms with van der Waals surface area (Å²) in [4.78, 5) is 36.3. The molecule has 32 heavy (non-hydrogen) atoms. The average Bonchev–Trinajstić information content (AvgIpc) is 2.75. The Morgan fingerprint density at radius 1 is 1.12 bits per heavy atom. The number of benzene rings is 2. The summed E-state index contributed by atoms with van der Waals surface area (Å²) >= 11 is 0. The van der Waals surface area contributed by atoms with Crippen molar-refractivity contribution in [1.82, 2.24) is 9.88 Å². The van der Waals surface area contributed by atoms with Crippen LogP contribution in [-0.4, -0.2) is 26.8 Å². The lowest BCUT2D eigenvalue weighted by Gasteiger charge is -2.19. The number of carboxylic acids is 1. The van der Waals surface area contributed by atoms with Crippen LogP contribution in [0.3, 0.4) is 0 Å². The Kier molecular flexibility index (Phi) is 6.58. The number of aliphatic carboxylic acids is 1. The van der Waals surface area contributed by atoms with Gasteiger partial charge in [0.1, 0.15) is 11.6 Å². The smallest absolute Gasteiger partial charge is 0.319 e. The average molecular weight is 439 g/mol. The van der Waals surface area contributed by atoms with Gasteiger partial charge in [-0.1, -0.05) is 30.3 Å². The minimum atomic E-state index is -1.14. The van der Waals surface area contributed by atoms with Crippen LogP contribution in [0.1, 0.15) is 23.6 Å². The predicted octanol–water partition coefficient (Wildman–Crippen LogP) is 3.54. The lowest BCUT2D eigenvalue weighted by atomic mass is 9.98. The molecule has 3 rings (SSSR count). The van der Waals surface area contributed by atoms with Gasteiger partial charge in [-0.25, -0.2) is 9.18 Å². The Balaban J connectivity index is 1.87. The Hall–Kier alpha value is -4.14. The fourth-order valence-corrected chi connectivity index (χ4v) is 3.31. The first kappa shape index (κ1) is 22.5. The Morgan fingerprint density at radius 2 is 1.81 bits per heavy atom. The molecule has 0 bridgehead atoms. The molecule has 0 spiro atoms. The van der Waals surface area contributed by atoms with Crippen molar-refractivity contribution in [3.63, 3.8) is 0 Å². The molecule has 2 amide bonds. The number of halogens is 1. The fraction of sp³-hybridized carbons (Fsp3) is 0.174. The molecule has 3 aromatic rings. The van der Waals surface area contributed by atoms with Crippen LogP contribution in [0.2, 0.25) is 0 Å². The van der Waals surface area contributed by atoms with Crippen molar-refractivity contribution >= 4 is 17.7 Å². The fourth-order valence-electron chi connectivity index (χ4n) is 3.31. The standard InChI is InChI=1S/C23H22FN3O5/c1-13-12-27(2)22(31)20(21(13)30)26-23(32)25-18(11-19(28)29)16-5-3-4-15(10-16)14-6-8-17(24)9-7-14/h3-10,12,18,30H,11H2,1-2H3,(H,28,29)(H2,25,26,32). The molecule has 166 valence electrons. The maximum absolute atomic E-state index is 13.2. The number of carbonyl (C=O) groups excluding carboxylic acids is 1. The van der Waals surface area contributed by atoms with Gasteiger partial charge in [-0.2, -0.15) is 0 Å². The van der Waals surface area contributed by atoms with Crippen molar-refractivity contribution in [2.24, 2.45) is 7.05 Å². The van der Waals surface area contributed by atoms with Gasteiger partial charge in [0, 0.05) is 18.8 Å². The molecule has 1 unspecified atom stereocenters. The summed E-state index contributed by atoms with van der Waals surface area (Å²) in [6.45, 7) is 1.58. The van der Waals surface area contributed by atoms with Crippen LogP contribution < -0.4 is 16.2 Å². The number of urea groups is 1. The first-order chi connectivity index (χ1) is 15.2. The third kappa shape index (κ3) is 5.12. The minimum absolute atomic E-state index is 0.306. The number of rotatable bonds is 6. The van der Waals surface area contributed by atoms with Gasteiger partial charge in [-0.3, -0.25) is 9.59 Å². The number of nitrogens with one attached hydrogen (secondary N) is 2. The number of hydrogen-bond acceptors (Lipinski definition) is 4. The molecule has 0 radical (unpaired) electrons. The van der Waals surface area contributed by atoms with E-state index in [0.717, 1.165) is 5.56 Å². The number of anilines is 1. The van der Waals surface area contributed by atoms with Crippen LogP contribution in [-0.2, 0) is 11.8 Å². The van der Waals surface area contributed by atoms with Crippen molar-refractivity contribution in [3.05, 3.63) is 82.0 Å². The molecule has 0 aliphatic carbocycles. The number of carbonyl (C=O) groups is 2. The van der Waals surface area contributed by atoms with Crippen molar-refractivity contribution in [1.29, 1.82) is 0 Å². The summed E-state index contributed by atoms with van der Waals surface area (Å²) in [7, 11) is 1.48. The zero-order valence-electron chi connectivity index (χ0n) is 17.4. The Bertz CT molecular complexity index is 1220. The lowest BCUT2D eigenvalue weighted by molar-refractivity contribution is -0.137. The highest BCUT2D eigenvalue weighted by atomic mass is 19.1. The van der Waals surface area contributed by atoms with Crippen molar-refractivity contribution in [3.8, 4) is 16.9 Å². The number of pyridine rings is 1. The van der Waals surface area contributed by atoms with Gasteiger partial charge in [0.2, 0.25) is 0 Å². The highest BCUT2D eigenvalue weighted by molar-refractivity contribution is 5.91. The number of amides is 2. The van der Waals surface area contributed by atoms with Crippen molar-refractivity contribution < 1.29 is 24.2 Å². The molecule has 4 N–H and O–H groups in total. The molecule has 0 saturated carbocycles. The number of carboxylic acid groups (broad SMARTS) is 1. The van der Waals surface area contributed by atoms with Gasteiger partial charge in [0.15, 0.2) is 5.69 Å². The summed E-state index contributed by atoms with van der Waals surface area (Å²) in [5.74, 6) is -1.88. The zero-order chi connectivity index (χ0) is 23.4. The van der Waals surface area contributed by atoms with Gasteiger partial charge < -0.3 is 25.4 Å². The molecule has 0 aliphatic rings. The van der Waals surface area contributed by atoms with Crippen LogP contribution in [0, 0.1) is 12.7 Å². The highest BCUT2D eigenvalue weighted by Crippen LogP contribution is 2.26. The van der Waals surface area contributed by atoms with Crippen LogP contribution in [0.5, 0.6) is 5.75 Å². The zero-order valence-corrected chi connectivity index (χ0v) is 17.4. The largest absolute Gasteiger partial charge is 0.505 e. The lowest BCUT2D eigenvalue weighted by Crippen LogP contribution is -2.36. The van der Waals surface area contributed by atoms with E-state index >= 15 is 0 Å². The van der Waals surface area contributed by atoms with Gasteiger partial charge in [-0.15, -0.1) is 0 Å². The third-order valence-corrected chi connectivity index (χ3v) is 4.92. The third-order valence-electron chi connectivity index (χ3n) is 4.92. The number of aromatic hydroxyl groups is 1. The molecule has 0 saturated heterocycles. The van der Waals surface area contributed by atoms with Crippen LogP contribution in [0.4, 0.5) is 14.9 Å². The molecule has 8 nitrogen and oxygen atoms in total. The van der Waals surface area contributed by atoms with Gasteiger partial charge in [0.05, 0.1) is 12.5 Å². The molecule has 0 aliphatic heterocycles. The molecule has 1 heterocycles. The molecule has 0 fully saturated rings. The topological polar surface area (TPSA) is 121 Å². The van der Waals surface area contributed by atoms with E-state index in [-0.39, 0.29) is 17.3 Å². The van der Waals surface area contributed by atoms with Gasteiger partial charge in [0.25, 0.3) is 5.56 Å². The van der Waals surface area contributed by atoms with Gasteiger partial charge >= 0.3 is 12.0 Å². The first-order valence-corrected chi connectivity index (χ1v) is 9.70. The van der Waals surface area contributed by atoms with E-state index in [1.165, 1.54) is 29.9 Å². The first-order valence-electron chi connectivity index (χ1n) is 9.70. The summed E-state index contributed by atoms with van der Waals surface area (Å²) in [6.07, 6.45) is 1.01. The van der Waals surface area contributed by atoms with E-state index in [0.29, 0.717) is 16.7 Å².